The summed E-state index contributed by atoms with van der Waals surface area (Å²) in [6.45, 7) is 3.48. The van der Waals surface area contributed by atoms with E-state index in [-0.39, 0.29) is 23.4 Å². The summed E-state index contributed by atoms with van der Waals surface area (Å²) < 4.78 is 58.8. The molecule has 0 unspecified atom stereocenters. The van der Waals surface area contributed by atoms with Crippen LogP contribution in [0.3, 0.4) is 0 Å². The summed E-state index contributed by atoms with van der Waals surface area (Å²) in [4.78, 5) is -0.401. The zero-order valence-corrected chi connectivity index (χ0v) is 17.0. The number of halogens is 2. The van der Waals surface area contributed by atoms with Crippen LogP contribution in [-0.4, -0.2) is 31.3 Å². The quantitative estimate of drug-likeness (QED) is 0.706. The van der Waals surface area contributed by atoms with Gasteiger partial charge in [-0.15, -0.1) is 0 Å². The van der Waals surface area contributed by atoms with Crippen molar-refractivity contribution in [3.05, 3.63) is 59.4 Å². The first-order chi connectivity index (χ1) is 13.7. The molecule has 152 valence electrons. The number of anilines is 2. The number of fused-ring (bicyclic) bond motifs is 1. The first-order valence-corrected chi connectivity index (χ1v) is 10.5. The zero-order chi connectivity index (χ0) is 20.9. The number of nitrogens with zero attached hydrogens (tertiary/aromatic N) is 3. The number of sulfonamides is 1. The maximum absolute atomic E-state index is 15.1. The Kier molecular flexibility index (Phi) is 4.57. The van der Waals surface area contributed by atoms with Crippen molar-refractivity contribution in [2.45, 2.75) is 18.7 Å². The van der Waals surface area contributed by atoms with Gasteiger partial charge >= 0.3 is 0 Å². The van der Waals surface area contributed by atoms with E-state index in [1.807, 2.05) is 0 Å². The van der Waals surface area contributed by atoms with Crippen LogP contribution in [0.1, 0.15) is 11.1 Å². The average molecular weight is 418 g/mol. The van der Waals surface area contributed by atoms with E-state index >= 15 is 4.39 Å². The fourth-order valence-corrected chi connectivity index (χ4v) is 5.49. The summed E-state index contributed by atoms with van der Waals surface area (Å²) >= 11 is 0. The summed E-state index contributed by atoms with van der Waals surface area (Å²) in [7, 11) is -2.49. The summed E-state index contributed by atoms with van der Waals surface area (Å²) in [6.07, 6.45) is 3.31. The maximum atomic E-state index is 15.1. The van der Waals surface area contributed by atoms with Crippen molar-refractivity contribution in [2.75, 3.05) is 22.7 Å². The van der Waals surface area contributed by atoms with Crippen molar-refractivity contribution < 1.29 is 17.2 Å². The second-order valence-corrected chi connectivity index (χ2v) is 8.88. The zero-order valence-electron chi connectivity index (χ0n) is 16.2. The third-order valence-electron chi connectivity index (χ3n) is 5.06. The molecule has 4 rings (SSSR count). The lowest BCUT2D eigenvalue weighted by atomic mass is 10.1. The van der Waals surface area contributed by atoms with Gasteiger partial charge in [-0.2, -0.15) is 5.10 Å². The molecule has 29 heavy (non-hydrogen) atoms. The lowest BCUT2D eigenvalue weighted by molar-refractivity contribution is 0.561. The molecule has 1 N–H and O–H groups in total. The molecule has 0 saturated heterocycles. The highest BCUT2D eigenvalue weighted by Crippen LogP contribution is 2.39. The van der Waals surface area contributed by atoms with Crippen molar-refractivity contribution in [1.29, 1.82) is 0 Å². The second kappa shape index (κ2) is 6.84. The molecule has 0 atom stereocenters. The molecule has 2 heterocycles. The van der Waals surface area contributed by atoms with E-state index in [0.717, 1.165) is 4.31 Å². The van der Waals surface area contributed by atoms with Crippen LogP contribution in [0.5, 0.6) is 0 Å². The summed E-state index contributed by atoms with van der Waals surface area (Å²) in [5, 5.41) is 7.14. The van der Waals surface area contributed by atoms with Gasteiger partial charge in [0.1, 0.15) is 16.5 Å². The first-order valence-electron chi connectivity index (χ1n) is 9.05. The molecule has 0 aliphatic carbocycles. The predicted molar refractivity (Wildman–Crippen MR) is 107 cm³/mol. The van der Waals surface area contributed by atoms with Crippen LogP contribution in [0.2, 0.25) is 0 Å². The Hall–Kier alpha value is -2.94. The van der Waals surface area contributed by atoms with Crippen molar-refractivity contribution >= 4 is 21.4 Å². The van der Waals surface area contributed by atoms with Crippen LogP contribution in [0.4, 0.5) is 20.2 Å². The number of hydrogen-bond donors (Lipinski definition) is 1. The van der Waals surface area contributed by atoms with Crippen LogP contribution >= 0.6 is 0 Å². The van der Waals surface area contributed by atoms with Crippen molar-refractivity contribution in [3.63, 3.8) is 0 Å². The molecule has 0 saturated carbocycles. The molecule has 6 nitrogen and oxygen atoms in total. The fourth-order valence-electron chi connectivity index (χ4n) is 3.69. The molecule has 1 aromatic heterocycles. The monoisotopic (exact) mass is 418 g/mol. The Bertz CT molecular complexity index is 1200. The Morgan fingerprint density at radius 2 is 1.86 bits per heavy atom. The van der Waals surface area contributed by atoms with Gasteiger partial charge in [0, 0.05) is 30.9 Å². The SMILES string of the molecule is Cc1cc(-c2cnn(C)c2)cc(F)c1S(=O)(=O)N1CCNc2ccc(F)c(C)c21. The van der Waals surface area contributed by atoms with Gasteiger partial charge in [0.2, 0.25) is 0 Å². The van der Waals surface area contributed by atoms with Gasteiger partial charge in [0.25, 0.3) is 10.0 Å². The third-order valence-corrected chi connectivity index (χ3v) is 7.04. The molecule has 3 aromatic rings. The lowest BCUT2D eigenvalue weighted by Gasteiger charge is -2.33. The molecular formula is C20H20F2N4O2S. The van der Waals surface area contributed by atoms with Crippen molar-refractivity contribution in [2.24, 2.45) is 7.05 Å². The van der Waals surface area contributed by atoms with E-state index in [4.69, 9.17) is 0 Å². The number of nitrogens with one attached hydrogen (secondary N) is 1. The standard InChI is InChI=1S/C20H20F2N4O2S/c1-12-8-14(15-10-24-25(3)11-15)9-17(22)20(12)29(27,28)26-7-6-23-18-5-4-16(21)13(2)19(18)26/h4-5,8-11,23H,6-7H2,1-3H3. The first kappa shape index (κ1) is 19.4. The number of aryl methyl sites for hydroxylation is 2. The Balaban J connectivity index is 1.85. The Morgan fingerprint density at radius 1 is 1.10 bits per heavy atom. The lowest BCUT2D eigenvalue weighted by Crippen LogP contribution is -2.40. The van der Waals surface area contributed by atoms with Gasteiger partial charge in [-0.3, -0.25) is 8.99 Å². The number of hydrogen-bond acceptors (Lipinski definition) is 4. The van der Waals surface area contributed by atoms with Gasteiger partial charge in [-0.25, -0.2) is 17.2 Å². The van der Waals surface area contributed by atoms with Crippen molar-refractivity contribution in [1.82, 2.24) is 9.78 Å². The van der Waals surface area contributed by atoms with Crippen LogP contribution in [0.15, 0.2) is 41.6 Å². The molecule has 9 heteroatoms. The smallest absolute Gasteiger partial charge is 0.267 e. The maximum Gasteiger partial charge on any atom is 0.267 e. The predicted octanol–water partition coefficient (Wildman–Crippen LogP) is 3.60. The molecular weight excluding hydrogens is 398 g/mol. The second-order valence-electron chi connectivity index (χ2n) is 7.08. The normalized spacial score (nSPS) is 13.9. The fraction of sp³-hybridized carbons (Fsp3) is 0.250. The van der Waals surface area contributed by atoms with Gasteiger partial charge in [0.05, 0.1) is 24.1 Å². The van der Waals surface area contributed by atoms with Gasteiger partial charge in [0.15, 0.2) is 0 Å². The van der Waals surface area contributed by atoms with E-state index in [1.165, 1.54) is 25.1 Å². The van der Waals surface area contributed by atoms with E-state index in [2.05, 4.69) is 10.4 Å². The molecule has 1 aliphatic rings. The molecule has 0 fully saturated rings. The number of benzene rings is 2. The van der Waals surface area contributed by atoms with E-state index in [9.17, 15) is 12.8 Å². The van der Waals surface area contributed by atoms with Gasteiger partial charge in [-0.05, 0) is 49.2 Å². The van der Waals surface area contributed by atoms with E-state index in [1.54, 1.807) is 37.1 Å². The molecule has 0 radical (unpaired) electrons. The highest BCUT2D eigenvalue weighted by molar-refractivity contribution is 7.93. The molecule has 0 spiro atoms. The summed E-state index contributed by atoms with van der Waals surface area (Å²) in [6, 6.07) is 5.59. The van der Waals surface area contributed by atoms with Crippen LogP contribution in [0, 0.1) is 25.5 Å². The van der Waals surface area contributed by atoms with Gasteiger partial charge in [-0.1, -0.05) is 0 Å². The van der Waals surface area contributed by atoms with Gasteiger partial charge < -0.3 is 5.32 Å². The van der Waals surface area contributed by atoms with Crippen LogP contribution in [-0.2, 0) is 17.1 Å². The average Bonchev–Trinajstić information content (AvgIpc) is 3.10. The molecule has 2 aromatic carbocycles. The highest BCUT2D eigenvalue weighted by Gasteiger charge is 2.34. The van der Waals surface area contributed by atoms with Crippen LogP contribution in [0.25, 0.3) is 11.1 Å². The van der Waals surface area contributed by atoms with Crippen LogP contribution < -0.4 is 9.62 Å². The Morgan fingerprint density at radius 3 is 2.52 bits per heavy atom. The highest BCUT2D eigenvalue weighted by atomic mass is 32.2. The molecule has 0 bridgehead atoms. The number of rotatable bonds is 3. The molecule has 1 aliphatic heterocycles. The van der Waals surface area contributed by atoms with Crippen molar-refractivity contribution in [3.8, 4) is 11.1 Å². The molecule has 0 amide bonds. The van der Waals surface area contributed by atoms with E-state index in [0.29, 0.717) is 23.4 Å². The minimum Gasteiger partial charge on any atom is -0.382 e. The largest absolute Gasteiger partial charge is 0.382 e. The minimum atomic E-state index is -4.24. The third kappa shape index (κ3) is 3.15. The summed E-state index contributed by atoms with van der Waals surface area (Å²) in [5.41, 5.74) is 2.41. The minimum absolute atomic E-state index is 0.0723. The Labute approximate surface area is 167 Å². The topological polar surface area (TPSA) is 67.2 Å². The van der Waals surface area contributed by atoms with E-state index < -0.39 is 26.6 Å². The summed E-state index contributed by atoms with van der Waals surface area (Å²) in [5.74, 6) is -1.37. The number of aromatic nitrogens is 2.